The summed E-state index contributed by atoms with van der Waals surface area (Å²) in [6, 6.07) is 16.7. The first-order valence-corrected chi connectivity index (χ1v) is 6.79. The SMILES string of the molecule is COc1ccc(C(C)N2C=c3ccccc3=NC2)cc1. The number of methoxy groups -OCH3 is 1. The van der Waals surface area contributed by atoms with Gasteiger partial charge in [0.1, 0.15) is 12.4 Å². The van der Waals surface area contributed by atoms with E-state index in [1.807, 2.05) is 24.3 Å². The van der Waals surface area contributed by atoms with E-state index >= 15 is 0 Å². The number of fused-ring (bicyclic) bond motifs is 1. The average Bonchev–Trinajstić information content (AvgIpc) is 2.54. The van der Waals surface area contributed by atoms with E-state index in [4.69, 9.17) is 4.74 Å². The minimum absolute atomic E-state index is 0.290. The molecule has 3 rings (SSSR count). The fraction of sp³-hybridized carbons (Fsp3) is 0.235. The molecule has 3 nitrogen and oxygen atoms in total. The van der Waals surface area contributed by atoms with Crippen molar-refractivity contribution in [2.45, 2.75) is 13.0 Å². The third-order valence-electron chi connectivity index (χ3n) is 3.74. The van der Waals surface area contributed by atoms with Gasteiger partial charge in [-0.2, -0.15) is 0 Å². The van der Waals surface area contributed by atoms with Crippen LogP contribution in [0.1, 0.15) is 18.5 Å². The molecule has 0 bridgehead atoms. The van der Waals surface area contributed by atoms with Gasteiger partial charge in [-0.15, -0.1) is 0 Å². The smallest absolute Gasteiger partial charge is 0.118 e. The van der Waals surface area contributed by atoms with Crippen molar-refractivity contribution >= 4 is 6.20 Å². The Bertz CT molecular complexity index is 707. The molecule has 0 saturated carbocycles. The maximum Gasteiger partial charge on any atom is 0.118 e. The summed E-state index contributed by atoms with van der Waals surface area (Å²) < 4.78 is 5.20. The molecule has 0 radical (unpaired) electrons. The lowest BCUT2D eigenvalue weighted by molar-refractivity contribution is 0.330. The molecule has 1 atom stereocenters. The van der Waals surface area contributed by atoms with E-state index in [-0.39, 0.29) is 6.04 Å². The molecule has 1 heterocycles. The van der Waals surface area contributed by atoms with Crippen molar-refractivity contribution in [3.05, 3.63) is 64.7 Å². The van der Waals surface area contributed by atoms with Crippen molar-refractivity contribution in [2.75, 3.05) is 13.8 Å². The Morgan fingerprint density at radius 2 is 1.85 bits per heavy atom. The number of ether oxygens (including phenoxy) is 1. The molecule has 0 fully saturated rings. The molecule has 0 N–H and O–H groups in total. The quantitative estimate of drug-likeness (QED) is 0.850. The number of nitrogens with zero attached hydrogens (tertiary/aromatic N) is 2. The van der Waals surface area contributed by atoms with Crippen LogP contribution in [0.4, 0.5) is 0 Å². The second-order valence-electron chi connectivity index (χ2n) is 4.95. The summed E-state index contributed by atoms with van der Waals surface area (Å²) in [4.78, 5) is 6.88. The summed E-state index contributed by atoms with van der Waals surface area (Å²) in [5, 5.41) is 2.25. The third-order valence-corrected chi connectivity index (χ3v) is 3.74. The predicted octanol–water partition coefficient (Wildman–Crippen LogP) is 2.09. The molecule has 3 heteroatoms. The van der Waals surface area contributed by atoms with Crippen LogP contribution >= 0.6 is 0 Å². The molecule has 1 aliphatic rings. The van der Waals surface area contributed by atoms with Gasteiger partial charge in [-0.3, -0.25) is 4.99 Å². The highest BCUT2D eigenvalue weighted by molar-refractivity contribution is 5.32. The lowest BCUT2D eigenvalue weighted by Crippen LogP contribution is -2.36. The molecule has 0 amide bonds. The Labute approximate surface area is 118 Å². The molecule has 0 aromatic heterocycles. The van der Waals surface area contributed by atoms with Gasteiger partial charge in [0.15, 0.2) is 0 Å². The molecule has 2 aromatic rings. The van der Waals surface area contributed by atoms with Gasteiger partial charge in [0, 0.05) is 11.4 Å². The number of hydrogen-bond acceptors (Lipinski definition) is 3. The average molecular weight is 266 g/mol. The van der Waals surface area contributed by atoms with Gasteiger partial charge in [0.25, 0.3) is 0 Å². The molecule has 2 aromatic carbocycles. The molecule has 0 saturated heterocycles. The van der Waals surface area contributed by atoms with Crippen LogP contribution in [0.5, 0.6) is 5.75 Å². The van der Waals surface area contributed by atoms with Gasteiger partial charge < -0.3 is 9.64 Å². The minimum Gasteiger partial charge on any atom is -0.497 e. The Kier molecular flexibility index (Phi) is 3.42. The van der Waals surface area contributed by atoms with Crippen molar-refractivity contribution in [1.82, 2.24) is 4.90 Å². The first kappa shape index (κ1) is 12.7. The standard InChI is InChI=1S/C17H18N2O/c1-13(14-7-9-16(20-2)10-8-14)19-11-15-5-3-4-6-17(15)18-12-19/h3-11,13H,12H2,1-2H3. The largest absolute Gasteiger partial charge is 0.497 e. The fourth-order valence-corrected chi connectivity index (χ4v) is 2.43. The van der Waals surface area contributed by atoms with Crippen LogP contribution in [0.3, 0.4) is 0 Å². The van der Waals surface area contributed by atoms with E-state index in [0.717, 1.165) is 11.1 Å². The minimum atomic E-state index is 0.290. The number of rotatable bonds is 3. The lowest BCUT2D eigenvalue weighted by atomic mass is 10.1. The summed E-state index contributed by atoms with van der Waals surface area (Å²) in [5.41, 5.74) is 1.26. The van der Waals surface area contributed by atoms with Crippen LogP contribution in [0, 0.1) is 0 Å². The highest BCUT2D eigenvalue weighted by Gasteiger charge is 2.14. The predicted molar refractivity (Wildman–Crippen MR) is 79.8 cm³/mol. The molecular formula is C17H18N2O. The number of hydrogen-bond donors (Lipinski definition) is 0. The molecule has 0 spiro atoms. The zero-order chi connectivity index (χ0) is 13.9. The van der Waals surface area contributed by atoms with E-state index < -0.39 is 0 Å². The second kappa shape index (κ2) is 5.37. The highest BCUT2D eigenvalue weighted by atomic mass is 16.5. The number of para-hydroxylation sites is 1. The lowest BCUT2D eigenvalue weighted by Gasteiger charge is -2.28. The Morgan fingerprint density at radius 3 is 2.60 bits per heavy atom. The van der Waals surface area contributed by atoms with Gasteiger partial charge >= 0.3 is 0 Å². The van der Waals surface area contributed by atoms with Crippen LogP contribution in [-0.2, 0) is 0 Å². The molecule has 1 aliphatic heterocycles. The molecule has 1 unspecified atom stereocenters. The van der Waals surface area contributed by atoms with Gasteiger partial charge in [-0.05, 0) is 30.7 Å². The maximum atomic E-state index is 5.20. The summed E-state index contributed by atoms with van der Waals surface area (Å²) in [7, 11) is 1.69. The maximum absolute atomic E-state index is 5.20. The van der Waals surface area contributed by atoms with Crippen LogP contribution in [0.15, 0.2) is 53.5 Å². The summed E-state index contributed by atoms with van der Waals surface area (Å²) in [6.07, 6.45) is 2.19. The van der Waals surface area contributed by atoms with Crippen molar-refractivity contribution in [2.24, 2.45) is 4.99 Å². The fourth-order valence-electron chi connectivity index (χ4n) is 2.43. The van der Waals surface area contributed by atoms with Crippen LogP contribution in [0.2, 0.25) is 0 Å². The summed E-state index contributed by atoms with van der Waals surface area (Å²) in [6.45, 7) is 2.89. The molecule has 0 aliphatic carbocycles. The Hall–Kier alpha value is -2.29. The van der Waals surface area contributed by atoms with Gasteiger partial charge in [-0.1, -0.05) is 30.3 Å². The topological polar surface area (TPSA) is 24.8 Å². The van der Waals surface area contributed by atoms with Crippen LogP contribution < -0.4 is 15.3 Å². The Morgan fingerprint density at radius 1 is 1.10 bits per heavy atom. The molecular weight excluding hydrogens is 248 g/mol. The van der Waals surface area contributed by atoms with E-state index in [1.165, 1.54) is 10.8 Å². The summed E-state index contributed by atoms with van der Waals surface area (Å²) >= 11 is 0. The van der Waals surface area contributed by atoms with Crippen molar-refractivity contribution in [3.63, 3.8) is 0 Å². The van der Waals surface area contributed by atoms with Crippen LogP contribution in [-0.4, -0.2) is 18.7 Å². The van der Waals surface area contributed by atoms with E-state index in [2.05, 4.69) is 47.3 Å². The van der Waals surface area contributed by atoms with Gasteiger partial charge in [0.05, 0.1) is 18.5 Å². The van der Waals surface area contributed by atoms with Crippen molar-refractivity contribution in [3.8, 4) is 5.75 Å². The highest BCUT2D eigenvalue weighted by Crippen LogP contribution is 2.23. The zero-order valence-corrected chi connectivity index (χ0v) is 11.8. The third kappa shape index (κ3) is 2.39. The first-order valence-electron chi connectivity index (χ1n) is 6.79. The summed E-state index contributed by atoms with van der Waals surface area (Å²) in [5.74, 6) is 0.888. The molecule has 20 heavy (non-hydrogen) atoms. The van der Waals surface area contributed by atoms with Gasteiger partial charge in [0.2, 0.25) is 0 Å². The van der Waals surface area contributed by atoms with Crippen LogP contribution in [0.25, 0.3) is 6.20 Å². The van der Waals surface area contributed by atoms with Gasteiger partial charge in [-0.25, -0.2) is 0 Å². The second-order valence-corrected chi connectivity index (χ2v) is 4.95. The molecule has 102 valence electrons. The van der Waals surface area contributed by atoms with Crippen molar-refractivity contribution in [1.29, 1.82) is 0 Å². The van der Waals surface area contributed by atoms with E-state index in [9.17, 15) is 0 Å². The van der Waals surface area contributed by atoms with Crippen molar-refractivity contribution < 1.29 is 4.74 Å². The normalized spacial score (nSPS) is 14.8. The monoisotopic (exact) mass is 266 g/mol. The first-order chi connectivity index (χ1) is 9.78. The zero-order valence-electron chi connectivity index (χ0n) is 11.8. The van der Waals surface area contributed by atoms with E-state index in [1.54, 1.807) is 7.11 Å². The Balaban J connectivity index is 1.88. The van der Waals surface area contributed by atoms with E-state index in [0.29, 0.717) is 6.67 Å². The number of benzene rings is 2.